The Morgan fingerprint density at radius 3 is 2.44 bits per heavy atom. The molecule has 0 saturated carbocycles. The van der Waals surface area contributed by atoms with Gasteiger partial charge in [-0.05, 0) is 51.7 Å². The third-order valence-corrected chi connectivity index (χ3v) is 7.60. The molecule has 4 rings (SSSR count). The van der Waals surface area contributed by atoms with Gasteiger partial charge >= 0.3 is 0 Å². The monoisotopic (exact) mass is 363 g/mol. The molecule has 2 atom stereocenters. The van der Waals surface area contributed by atoms with Gasteiger partial charge in [0, 0.05) is 11.6 Å². The number of fused-ring (bicyclic) bond motifs is 2. The smallest absolute Gasteiger partial charge is 0.243 e. The van der Waals surface area contributed by atoms with Crippen LogP contribution in [0.25, 0.3) is 0 Å². The van der Waals surface area contributed by atoms with Gasteiger partial charge in [-0.15, -0.1) is 0 Å². The lowest BCUT2D eigenvalue weighted by molar-refractivity contribution is -0.115. The summed E-state index contributed by atoms with van der Waals surface area (Å²) >= 11 is 0. The minimum atomic E-state index is -3.55. The van der Waals surface area contributed by atoms with E-state index >= 15 is 0 Å². The van der Waals surface area contributed by atoms with Gasteiger partial charge in [0.2, 0.25) is 10.0 Å². The van der Waals surface area contributed by atoms with Crippen LogP contribution in [0.1, 0.15) is 38.2 Å². The fourth-order valence-corrected chi connectivity index (χ4v) is 6.24. The molecule has 1 aromatic carbocycles. The standard InChI is InChI=1S/C19H25NO4S/c1-14-6-9-16(10-7-14)25(21,22)20-15-4-3-5-17(18(20)11-8-15)19(2)23-12-13-24-19/h5-7,9-10,15,18H,3-4,8,11-13H2,1-2H3. The second kappa shape index (κ2) is 6.20. The van der Waals surface area contributed by atoms with Crippen molar-refractivity contribution in [3.05, 3.63) is 41.5 Å². The lowest BCUT2D eigenvalue weighted by atomic mass is 9.94. The molecule has 3 aliphatic heterocycles. The summed E-state index contributed by atoms with van der Waals surface area (Å²) in [6.45, 7) is 4.98. The zero-order valence-corrected chi connectivity index (χ0v) is 15.6. The van der Waals surface area contributed by atoms with Crippen molar-refractivity contribution >= 4 is 10.0 Å². The van der Waals surface area contributed by atoms with Crippen LogP contribution in [0.3, 0.4) is 0 Å². The number of allylic oxidation sites excluding steroid dienone is 1. The van der Waals surface area contributed by atoms with E-state index in [0.717, 1.165) is 36.8 Å². The third kappa shape index (κ3) is 2.85. The van der Waals surface area contributed by atoms with Crippen LogP contribution in [0, 0.1) is 6.92 Å². The summed E-state index contributed by atoms with van der Waals surface area (Å²) in [5, 5.41) is 0. The number of benzene rings is 1. The van der Waals surface area contributed by atoms with E-state index in [4.69, 9.17) is 9.47 Å². The van der Waals surface area contributed by atoms with Crippen LogP contribution in [0.15, 0.2) is 40.8 Å². The predicted molar refractivity (Wildman–Crippen MR) is 94.6 cm³/mol. The molecule has 136 valence electrons. The van der Waals surface area contributed by atoms with Crippen LogP contribution < -0.4 is 0 Å². The van der Waals surface area contributed by atoms with Crippen molar-refractivity contribution in [3.63, 3.8) is 0 Å². The first-order chi connectivity index (χ1) is 11.9. The Bertz CT molecular complexity index is 778. The first kappa shape index (κ1) is 17.2. The van der Waals surface area contributed by atoms with Crippen molar-refractivity contribution in [2.45, 2.75) is 62.3 Å². The molecule has 2 fully saturated rings. The first-order valence-corrected chi connectivity index (χ1v) is 10.4. The first-order valence-electron chi connectivity index (χ1n) is 9.00. The molecule has 6 heteroatoms. The molecule has 0 amide bonds. The molecule has 0 aliphatic carbocycles. The molecule has 2 bridgehead atoms. The Balaban J connectivity index is 1.74. The zero-order chi connectivity index (χ0) is 17.7. The molecule has 0 radical (unpaired) electrons. The molecule has 0 N–H and O–H groups in total. The maximum atomic E-state index is 13.4. The average Bonchev–Trinajstić information content (AvgIpc) is 3.12. The highest BCUT2D eigenvalue weighted by atomic mass is 32.2. The maximum absolute atomic E-state index is 13.4. The van der Waals surface area contributed by atoms with Crippen molar-refractivity contribution in [2.24, 2.45) is 0 Å². The van der Waals surface area contributed by atoms with Gasteiger partial charge in [-0.25, -0.2) is 8.42 Å². The molecule has 3 aliphatic rings. The van der Waals surface area contributed by atoms with Crippen LogP contribution in [-0.2, 0) is 19.5 Å². The summed E-state index contributed by atoms with van der Waals surface area (Å²) in [6, 6.07) is 7.00. The van der Waals surface area contributed by atoms with Gasteiger partial charge in [-0.2, -0.15) is 4.31 Å². The van der Waals surface area contributed by atoms with E-state index in [2.05, 4.69) is 6.08 Å². The normalized spacial score (nSPS) is 29.4. The highest BCUT2D eigenvalue weighted by Crippen LogP contribution is 2.44. The van der Waals surface area contributed by atoms with Crippen molar-refractivity contribution in [1.29, 1.82) is 0 Å². The lowest BCUT2D eigenvalue weighted by Crippen LogP contribution is -2.45. The number of ether oxygens (including phenoxy) is 2. The van der Waals surface area contributed by atoms with Gasteiger partial charge in [-0.1, -0.05) is 23.8 Å². The Kier molecular flexibility index (Phi) is 4.27. The molecule has 25 heavy (non-hydrogen) atoms. The van der Waals surface area contributed by atoms with E-state index in [1.807, 2.05) is 26.0 Å². The summed E-state index contributed by atoms with van der Waals surface area (Å²) in [6.07, 6.45) is 5.57. The largest absolute Gasteiger partial charge is 0.344 e. The number of hydrogen-bond donors (Lipinski definition) is 0. The van der Waals surface area contributed by atoms with Gasteiger partial charge in [-0.3, -0.25) is 0 Å². The van der Waals surface area contributed by atoms with Crippen LogP contribution in [-0.4, -0.2) is 43.8 Å². The highest BCUT2D eigenvalue weighted by Gasteiger charge is 2.50. The van der Waals surface area contributed by atoms with Crippen molar-refractivity contribution in [1.82, 2.24) is 4.31 Å². The Labute approximate surface area is 149 Å². The topological polar surface area (TPSA) is 55.8 Å². The Hall–Kier alpha value is -1.21. The van der Waals surface area contributed by atoms with Crippen molar-refractivity contribution in [2.75, 3.05) is 13.2 Å². The molecular weight excluding hydrogens is 338 g/mol. The Morgan fingerprint density at radius 1 is 1.08 bits per heavy atom. The second-order valence-electron chi connectivity index (χ2n) is 7.27. The van der Waals surface area contributed by atoms with Gasteiger partial charge in [0.25, 0.3) is 0 Å². The van der Waals surface area contributed by atoms with E-state index in [-0.39, 0.29) is 12.1 Å². The van der Waals surface area contributed by atoms with Crippen molar-refractivity contribution < 1.29 is 17.9 Å². The van der Waals surface area contributed by atoms with Gasteiger partial charge in [0.1, 0.15) is 0 Å². The molecule has 1 aromatic rings. The zero-order valence-electron chi connectivity index (χ0n) is 14.8. The summed E-state index contributed by atoms with van der Waals surface area (Å²) in [5.41, 5.74) is 2.03. The number of hydrogen-bond acceptors (Lipinski definition) is 4. The number of rotatable bonds is 3. The van der Waals surface area contributed by atoms with E-state index < -0.39 is 15.8 Å². The molecule has 0 aromatic heterocycles. The minimum Gasteiger partial charge on any atom is -0.344 e. The fourth-order valence-electron chi connectivity index (χ4n) is 4.36. The van der Waals surface area contributed by atoms with Crippen molar-refractivity contribution in [3.8, 4) is 0 Å². The van der Waals surface area contributed by atoms with Crippen LogP contribution in [0.2, 0.25) is 0 Å². The summed E-state index contributed by atoms with van der Waals surface area (Å²) in [4.78, 5) is 0.370. The molecule has 2 unspecified atom stereocenters. The maximum Gasteiger partial charge on any atom is 0.243 e. The average molecular weight is 363 g/mol. The van der Waals surface area contributed by atoms with Crippen LogP contribution >= 0.6 is 0 Å². The van der Waals surface area contributed by atoms with E-state index in [9.17, 15) is 8.42 Å². The number of nitrogens with zero attached hydrogens (tertiary/aromatic N) is 1. The molecule has 5 nitrogen and oxygen atoms in total. The van der Waals surface area contributed by atoms with E-state index in [0.29, 0.717) is 18.1 Å². The van der Waals surface area contributed by atoms with Gasteiger partial charge in [0.15, 0.2) is 5.79 Å². The fraction of sp³-hybridized carbons (Fsp3) is 0.579. The van der Waals surface area contributed by atoms with E-state index in [1.54, 1.807) is 16.4 Å². The highest BCUT2D eigenvalue weighted by molar-refractivity contribution is 7.89. The Morgan fingerprint density at radius 2 is 1.76 bits per heavy atom. The SMILES string of the molecule is Cc1ccc(S(=O)(=O)N2C3CCC=C(C4(C)OCCO4)C2CC3)cc1. The summed E-state index contributed by atoms with van der Waals surface area (Å²) in [7, 11) is -3.55. The quantitative estimate of drug-likeness (QED) is 0.775. The van der Waals surface area contributed by atoms with E-state index in [1.165, 1.54) is 0 Å². The lowest BCUT2D eigenvalue weighted by Gasteiger charge is -2.34. The summed E-state index contributed by atoms with van der Waals surface area (Å²) in [5.74, 6) is -0.801. The second-order valence-corrected chi connectivity index (χ2v) is 9.12. The number of aryl methyl sites for hydroxylation is 1. The predicted octanol–water partition coefficient (Wildman–Crippen LogP) is 3.00. The molecule has 3 heterocycles. The molecule has 0 spiro atoms. The van der Waals surface area contributed by atoms with Crippen LogP contribution in [0.5, 0.6) is 0 Å². The van der Waals surface area contributed by atoms with Gasteiger partial charge < -0.3 is 9.47 Å². The summed E-state index contributed by atoms with van der Waals surface area (Å²) < 4.78 is 40.2. The third-order valence-electron chi connectivity index (χ3n) is 5.62. The van der Waals surface area contributed by atoms with Crippen LogP contribution in [0.4, 0.5) is 0 Å². The molecular formula is C19H25NO4S. The molecule has 2 saturated heterocycles. The number of sulfonamides is 1. The minimum absolute atomic E-state index is 0.0510. The van der Waals surface area contributed by atoms with Gasteiger partial charge in [0.05, 0.1) is 24.2 Å².